The van der Waals surface area contributed by atoms with Gasteiger partial charge in [-0.05, 0) is 159 Å². The van der Waals surface area contributed by atoms with Crippen molar-refractivity contribution >= 4 is 17.9 Å². The first-order valence-electron chi connectivity index (χ1n) is 18.7. The average Bonchev–Trinajstić information content (AvgIpc) is 3.29. The van der Waals surface area contributed by atoms with Gasteiger partial charge in [-0.3, -0.25) is 14.4 Å². The monoisotopic (exact) mass is 645 g/mol. The van der Waals surface area contributed by atoms with Gasteiger partial charge in [0.1, 0.15) is 23.3 Å². The summed E-state index contributed by atoms with van der Waals surface area (Å²) in [7, 11) is 0. The van der Waals surface area contributed by atoms with E-state index in [1.54, 1.807) is 0 Å². The lowest BCUT2D eigenvalue weighted by atomic mass is 9.44. The van der Waals surface area contributed by atoms with Gasteiger partial charge in [0.15, 0.2) is 0 Å². The van der Waals surface area contributed by atoms with E-state index >= 15 is 0 Å². The minimum absolute atomic E-state index is 0.0680. The summed E-state index contributed by atoms with van der Waals surface area (Å²) in [5.41, 5.74) is 5.95. The minimum Gasteiger partial charge on any atom is -0.461 e. The molecule has 7 unspecified atom stereocenters. The molecule has 0 aromatic rings. The predicted molar refractivity (Wildman–Crippen MR) is 182 cm³/mol. The van der Waals surface area contributed by atoms with Crippen molar-refractivity contribution < 1.29 is 28.6 Å². The van der Waals surface area contributed by atoms with E-state index in [0.29, 0.717) is 29.1 Å². The number of carbonyl (C=O) groups is 3. The highest BCUT2D eigenvalue weighted by Crippen LogP contribution is 2.68. The second kappa shape index (κ2) is 14.5. The van der Waals surface area contributed by atoms with Gasteiger partial charge in [-0.15, -0.1) is 0 Å². The highest BCUT2D eigenvalue weighted by Gasteiger charge is 2.60. The third-order valence-electron chi connectivity index (χ3n) is 12.8. The molecule has 0 bridgehead atoms. The van der Waals surface area contributed by atoms with E-state index in [4.69, 9.17) is 19.9 Å². The molecule has 0 amide bonds. The Morgan fingerprint density at radius 2 is 1.37 bits per heavy atom. The maximum atomic E-state index is 12.9. The summed E-state index contributed by atoms with van der Waals surface area (Å²) in [5.74, 6) is 3.67. The zero-order valence-corrected chi connectivity index (χ0v) is 30.8. The molecule has 2 N–H and O–H groups in total. The Morgan fingerprint density at radius 3 is 2.02 bits per heavy atom. The number of nitrogens with two attached hydrogens (primary N) is 1. The third kappa shape index (κ3) is 8.88. The van der Waals surface area contributed by atoms with Gasteiger partial charge in [-0.1, -0.05) is 33.6 Å². The van der Waals surface area contributed by atoms with Crippen LogP contribution < -0.4 is 5.73 Å². The Labute approximate surface area is 280 Å². The van der Waals surface area contributed by atoms with Crippen LogP contribution in [0.25, 0.3) is 0 Å². The summed E-state index contributed by atoms with van der Waals surface area (Å²) in [6.45, 7) is 19.0. The van der Waals surface area contributed by atoms with Crippen molar-refractivity contribution in [3.8, 4) is 0 Å². The van der Waals surface area contributed by atoms with Crippen LogP contribution >= 0.6 is 0 Å². The van der Waals surface area contributed by atoms with Crippen molar-refractivity contribution in [1.29, 1.82) is 0 Å². The second-order valence-electron chi connectivity index (χ2n) is 18.3. The van der Waals surface area contributed by atoms with E-state index < -0.39 is 17.2 Å². The molecule has 264 valence electrons. The van der Waals surface area contributed by atoms with Gasteiger partial charge in [-0.25, -0.2) is 0 Å². The normalized spacial score (nSPS) is 35.6. The lowest BCUT2D eigenvalue weighted by Gasteiger charge is -2.61. The topological polar surface area (TPSA) is 105 Å². The van der Waals surface area contributed by atoms with E-state index in [1.807, 2.05) is 41.5 Å². The molecule has 0 aliphatic heterocycles. The molecule has 4 saturated carbocycles. The van der Waals surface area contributed by atoms with Gasteiger partial charge in [0.2, 0.25) is 0 Å². The number of ether oxygens (including phenoxy) is 3. The van der Waals surface area contributed by atoms with Crippen LogP contribution in [0.1, 0.15) is 159 Å². The lowest BCUT2D eigenvalue weighted by molar-refractivity contribution is -0.164. The molecule has 4 fully saturated rings. The highest BCUT2D eigenvalue weighted by atomic mass is 16.6. The number of hydrogen-bond acceptors (Lipinski definition) is 7. The molecule has 46 heavy (non-hydrogen) atoms. The number of unbranched alkanes of at least 4 members (excludes halogenated alkanes) is 1. The molecule has 0 radical (unpaired) electrons. The third-order valence-corrected chi connectivity index (χ3v) is 12.8. The van der Waals surface area contributed by atoms with Gasteiger partial charge in [0.05, 0.1) is 0 Å². The summed E-state index contributed by atoms with van der Waals surface area (Å²) in [5, 5.41) is 0. The number of esters is 3. The Kier molecular flexibility index (Phi) is 11.7. The lowest BCUT2D eigenvalue weighted by Crippen LogP contribution is -2.54. The minimum atomic E-state index is -0.796. The standard InChI is InChI=1S/C39H67NO6/c1-25(12-10-11-13-33(41)45-36(2,3)4)29-16-17-30-28-15-14-26-24-27(20-22-38(26,8)31(28)21-23-39(29,30)9)44-35(43)32(40)18-19-34(42)46-37(5,6)7/h25-32H,10-24,40H2,1-9H3/t25-,26?,27?,28?,29?,30?,31?,32+,38+,39?/m1/s1. The molecule has 4 rings (SSSR count). The van der Waals surface area contributed by atoms with Crippen molar-refractivity contribution in [2.24, 2.45) is 52.1 Å². The van der Waals surface area contributed by atoms with Crippen LogP contribution in [0, 0.1) is 46.3 Å². The first-order valence-corrected chi connectivity index (χ1v) is 18.7. The van der Waals surface area contributed by atoms with Crippen molar-refractivity contribution in [2.75, 3.05) is 0 Å². The average molecular weight is 646 g/mol. The van der Waals surface area contributed by atoms with E-state index in [0.717, 1.165) is 55.8 Å². The molecule has 0 aromatic carbocycles. The molecule has 7 heteroatoms. The van der Waals surface area contributed by atoms with Crippen LogP contribution in [0.15, 0.2) is 0 Å². The molecule has 4 aliphatic rings. The molecule has 0 saturated heterocycles. The fourth-order valence-electron chi connectivity index (χ4n) is 10.7. The molecule has 7 nitrogen and oxygen atoms in total. The van der Waals surface area contributed by atoms with Gasteiger partial charge in [0.25, 0.3) is 0 Å². The maximum Gasteiger partial charge on any atom is 0.323 e. The molecular formula is C39H67NO6. The van der Waals surface area contributed by atoms with Crippen LogP contribution in [0.5, 0.6) is 0 Å². The highest BCUT2D eigenvalue weighted by molar-refractivity contribution is 5.77. The van der Waals surface area contributed by atoms with Gasteiger partial charge < -0.3 is 19.9 Å². The van der Waals surface area contributed by atoms with E-state index in [9.17, 15) is 14.4 Å². The summed E-state index contributed by atoms with van der Waals surface area (Å²) >= 11 is 0. The first kappa shape index (κ1) is 37.2. The largest absolute Gasteiger partial charge is 0.461 e. The van der Waals surface area contributed by atoms with Crippen molar-refractivity contribution in [3.05, 3.63) is 0 Å². The van der Waals surface area contributed by atoms with Crippen LogP contribution in [-0.4, -0.2) is 41.3 Å². The number of fused-ring (bicyclic) bond motifs is 5. The quantitative estimate of drug-likeness (QED) is 0.136. The summed E-state index contributed by atoms with van der Waals surface area (Å²) in [4.78, 5) is 37.1. The molecule has 10 atom stereocenters. The van der Waals surface area contributed by atoms with Gasteiger partial charge in [0, 0.05) is 12.8 Å². The van der Waals surface area contributed by atoms with E-state index in [2.05, 4.69) is 20.8 Å². The second-order valence-corrected chi connectivity index (χ2v) is 18.3. The van der Waals surface area contributed by atoms with Crippen LogP contribution in [0.2, 0.25) is 0 Å². The van der Waals surface area contributed by atoms with Crippen LogP contribution in [0.4, 0.5) is 0 Å². The molecule has 4 aliphatic carbocycles. The summed E-state index contributed by atoms with van der Waals surface area (Å²) in [6.07, 6.45) is 14.9. The Morgan fingerprint density at radius 1 is 0.761 bits per heavy atom. The van der Waals surface area contributed by atoms with Gasteiger partial charge >= 0.3 is 17.9 Å². The maximum absolute atomic E-state index is 12.9. The summed E-state index contributed by atoms with van der Waals surface area (Å²) < 4.78 is 16.8. The molecule has 0 heterocycles. The Bertz CT molecular complexity index is 1080. The SMILES string of the molecule is C[C@H](CCCCC(=O)OC(C)(C)C)C1CCC2C3CCC4CC(OC(=O)[C@@H](N)CCC(=O)OC(C)(C)C)CC[C@]4(C)C3CCC21C. The molecular weight excluding hydrogens is 578 g/mol. The molecule has 0 spiro atoms. The Hall–Kier alpha value is -1.63. The van der Waals surface area contributed by atoms with Crippen molar-refractivity contribution in [3.63, 3.8) is 0 Å². The van der Waals surface area contributed by atoms with Crippen molar-refractivity contribution in [1.82, 2.24) is 0 Å². The fourth-order valence-corrected chi connectivity index (χ4v) is 10.7. The van der Waals surface area contributed by atoms with Crippen LogP contribution in [-0.2, 0) is 28.6 Å². The van der Waals surface area contributed by atoms with Gasteiger partial charge in [-0.2, -0.15) is 0 Å². The van der Waals surface area contributed by atoms with E-state index in [-0.39, 0.29) is 36.9 Å². The zero-order chi connectivity index (χ0) is 34.1. The zero-order valence-electron chi connectivity index (χ0n) is 30.8. The smallest absolute Gasteiger partial charge is 0.323 e. The van der Waals surface area contributed by atoms with Crippen molar-refractivity contribution in [2.45, 2.75) is 182 Å². The molecule has 0 aromatic heterocycles. The number of carbonyl (C=O) groups excluding carboxylic acids is 3. The fraction of sp³-hybridized carbons (Fsp3) is 0.923. The first-order chi connectivity index (χ1) is 21.3. The van der Waals surface area contributed by atoms with E-state index in [1.165, 1.54) is 44.9 Å². The number of hydrogen-bond donors (Lipinski definition) is 1. The van der Waals surface area contributed by atoms with Crippen LogP contribution in [0.3, 0.4) is 0 Å². The number of rotatable bonds is 11. The Balaban J connectivity index is 1.26. The summed E-state index contributed by atoms with van der Waals surface area (Å²) in [6, 6.07) is -0.796. The predicted octanol–water partition coefficient (Wildman–Crippen LogP) is 8.54.